The predicted molar refractivity (Wildman–Crippen MR) is 115 cm³/mol. The number of carbonyl (C=O) groups is 1. The number of methoxy groups -OCH3 is 1. The number of hydrogen-bond donors (Lipinski definition) is 2. The molecule has 2 aromatic rings. The van der Waals surface area contributed by atoms with Crippen LogP contribution in [0.1, 0.15) is 24.1 Å². The maximum Gasteiger partial charge on any atom is 0.240 e. The van der Waals surface area contributed by atoms with Gasteiger partial charge in [-0.05, 0) is 42.3 Å². The van der Waals surface area contributed by atoms with E-state index in [0.717, 1.165) is 11.1 Å². The van der Waals surface area contributed by atoms with Crippen LogP contribution in [0.3, 0.4) is 0 Å². The third kappa shape index (κ3) is 7.04. The fraction of sp³-hybridized carbons (Fsp3) is 0.400. The summed E-state index contributed by atoms with van der Waals surface area (Å²) >= 11 is 0. The molecule has 1 aromatic carbocycles. The summed E-state index contributed by atoms with van der Waals surface area (Å²) in [5, 5.41) is 6.16. The first kappa shape index (κ1) is 25.0. The lowest BCUT2D eigenvalue weighted by atomic mass is 10.1. The van der Waals surface area contributed by atoms with Crippen LogP contribution in [0, 0.1) is 0 Å². The number of nitrogens with zero attached hydrogens (tertiary/aromatic N) is 1. The zero-order valence-corrected chi connectivity index (χ0v) is 18.1. The third-order valence-electron chi connectivity index (χ3n) is 4.43. The van der Waals surface area contributed by atoms with Crippen molar-refractivity contribution in [2.75, 3.05) is 26.9 Å². The van der Waals surface area contributed by atoms with Crippen molar-refractivity contribution in [2.24, 2.45) is 0 Å². The van der Waals surface area contributed by atoms with Crippen LogP contribution < -0.4 is 20.1 Å². The summed E-state index contributed by atoms with van der Waals surface area (Å²) < 4.78 is 16.7. The Labute approximate surface area is 183 Å². The van der Waals surface area contributed by atoms with Gasteiger partial charge in [0, 0.05) is 18.9 Å². The minimum atomic E-state index is -0.314. The van der Waals surface area contributed by atoms with Crippen LogP contribution in [0.5, 0.6) is 11.5 Å². The maximum atomic E-state index is 12.3. The van der Waals surface area contributed by atoms with Crippen LogP contribution in [0.15, 0.2) is 42.7 Å². The van der Waals surface area contributed by atoms with Crippen LogP contribution in [0.25, 0.3) is 0 Å². The van der Waals surface area contributed by atoms with E-state index in [1.54, 1.807) is 19.5 Å². The van der Waals surface area contributed by atoms with E-state index in [2.05, 4.69) is 15.6 Å². The molecule has 29 heavy (non-hydrogen) atoms. The molecule has 2 heterocycles. The van der Waals surface area contributed by atoms with Crippen molar-refractivity contribution in [1.29, 1.82) is 0 Å². The Balaban J connectivity index is 0.00000210. The molecule has 2 atom stereocenters. The average Bonchev–Trinajstić information content (AvgIpc) is 2.73. The molecule has 1 saturated heterocycles. The zero-order chi connectivity index (χ0) is 19.1. The minimum Gasteiger partial charge on any atom is -0.493 e. The van der Waals surface area contributed by atoms with Gasteiger partial charge >= 0.3 is 0 Å². The molecule has 0 spiro atoms. The number of rotatable bonds is 7. The van der Waals surface area contributed by atoms with Crippen molar-refractivity contribution >= 4 is 30.7 Å². The molecule has 1 aromatic heterocycles. The van der Waals surface area contributed by atoms with Gasteiger partial charge in [-0.1, -0.05) is 6.07 Å². The van der Waals surface area contributed by atoms with E-state index >= 15 is 0 Å². The lowest BCUT2D eigenvalue weighted by Crippen LogP contribution is -2.51. The predicted octanol–water partition coefficient (Wildman–Crippen LogP) is 2.68. The van der Waals surface area contributed by atoms with Gasteiger partial charge in [0.05, 0.1) is 26.4 Å². The lowest BCUT2D eigenvalue weighted by Gasteiger charge is -2.25. The maximum absolute atomic E-state index is 12.3. The molecule has 0 radical (unpaired) electrons. The van der Waals surface area contributed by atoms with Gasteiger partial charge < -0.3 is 24.8 Å². The number of benzene rings is 1. The Hall–Kier alpha value is -2.06. The standard InChI is InChI=1S/C20H25N3O4.2ClH/c1-14(23-20(24)17-13-26-10-9-22-17)16-3-4-18(19(11-16)25-2)27-12-15-5-7-21-8-6-15;;/h3-8,11,14,17,22H,9-10,12-13H2,1-2H3,(H,23,24);2*1H. The van der Waals surface area contributed by atoms with Crippen LogP contribution in [-0.2, 0) is 16.1 Å². The van der Waals surface area contributed by atoms with Gasteiger partial charge in [0.2, 0.25) is 5.91 Å². The quantitative estimate of drug-likeness (QED) is 0.684. The number of hydrogen-bond acceptors (Lipinski definition) is 6. The van der Waals surface area contributed by atoms with Crippen LogP contribution >= 0.6 is 24.8 Å². The molecule has 0 bridgehead atoms. The molecule has 3 rings (SSSR count). The Kier molecular flexibility index (Phi) is 10.8. The highest BCUT2D eigenvalue weighted by molar-refractivity contribution is 5.85. The molecule has 9 heteroatoms. The van der Waals surface area contributed by atoms with Gasteiger partial charge in [-0.25, -0.2) is 0 Å². The second kappa shape index (κ2) is 12.5. The first-order valence-electron chi connectivity index (χ1n) is 8.98. The Bertz CT molecular complexity index is 759. The largest absolute Gasteiger partial charge is 0.493 e. The van der Waals surface area contributed by atoms with Crippen molar-refractivity contribution in [3.63, 3.8) is 0 Å². The number of aromatic nitrogens is 1. The van der Waals surface area contributed by atoms with E-state index < -0.39 is 0 Å². The smallest absolute Gasteiger partial charge is 0.240 e. The summed E-state index contributed by atoms with van der Waals surface area (Å²) in [6.07, 6.45) is 3.46. The summed E-state index contributed by atoms with van der Waals surface area (Å²) in [4.78, 5) is 16.3. The van der Waals surface area contributed by atoms with Crippen molar-refractivity contribution in [3.05, 3.63) is 53.9 Å². The summed E-state index contributed by atoms with van der Waals surface area (Å²) in [7, 11) is 1.60. The lowest BCUT2D eigenvalue weighted by molar-refractivity contribution is -0.126. The normalized spacial score (nSPS) is 16.6. The van der Waals surface area contributed by atoms with Crippen LogP contribution in [-0.4, -0.2) is 43.8 Å². The summed E-state index contributed by atoms with van der Waals surface area (Å²) in [5.41, 5.74) is 1.96. The highest BCUT2D eigenvalue weighted by atomic mass is 35.5. The van der Waals surface area contributed by atoms with E-state index in [9.17, 15) is 4.79 Å². The van der Waals surface area contributed by atoms with Gasteiger partial charge in [0.1, 0.15) is 12.6 Å². The molecular formula is C20H27Cl2N3O4. The number of carbonyl (C=O) groups excluding carboxylic acids is 1. The fourth-order valence-corrected chi connectivity index (χ4v) is 2.84. The molecule has 1 amide bonds. The molecule has 1 aliphatic heterocycles. The highest BCUT2D eigenvalue weighted by Crippen LogP contribution is 2.31. The van der Waals surface area contributed by atoms with E-state index in [1.165, 1.54) is 0 Å². The number of amides is 1. The monoisotopic (exact) mass is 443 g/mol. The van der Waals surface area contributed by atoms with E-state index in [4.69, 9.17) is 14.2 Å². The summed E-state index contributed by atoms with van der Waals surface area (Å²) in [5.74, 6) is 1.21. The number of morpholine rings is 1. The van der Waals surface area contributed by atoms with E-state index in [1.807, 2.05) is 37.3 Å². The van der Waals surface area contributed by atoms with Gasteiger partial charge in [-0.3, -0.25) is 9.78 Å². The number of nitrogens with one attached hydrogen (secondary N) is 2. The van der Waals surface area contributed by atoms with Gasteiger partial charge in [-0.2, -0.15) is 0 Å². The van der Waals surface area contributed by atoms with Gasteiger partial charge in [0.15, 0.2) is 11.5 Å². The Morgan fingerprint density at radius 1 is 1.28 bits per heavy atom. The van der Waals surface area contributed by atoms with Crippen LogP contribution in [0.4, 0.5) is 0 Å². The third-order valence-corrected chi connectivity index (χ3v) is 4.43. The van der Waals surface area contributed by atoms with Crippen molar-refractivity contribution in [2.45, 2.75) is 25.6 Å². The number of pyridine rings is 1. The highest BCUT2D eigenvalue weighted by Gasteiger charge is 2.23. The molecule has 0 saturated carbocycles. The fourth-order valence-electron chi connectivity index (χ4n) is 2.84. The van der Waals surface area contributed by atoms with Crippen molar-refractivity contribution < 1.29 is 19.0 Å². The summed E-state index contributed by atoms with van der Waals surface area (Å²) in [6, 6.07) is 9.01. The number of halogens is 2. The molecule has 160 valence electrons. The van der Waals surface area contributed by atoms with Crippen molar-refractivity contribution in [1.82, 2.24) is 15.6 Å². The molecule has 1 fully saturated rings. The van der Waals surface area contributed by atoms with Crippen LogP contribution in [0.2, 0.25) is 0 Å². The van der Waals surface area contributed by atoms with E-state index in [0.29, 0.717) is 37.9 Å². The average molecular weight is 444 g/mol. The molecule has 0 aliphatic carbocycles. The topological polar surface area (TPSA) is 81.7 Å². The van der Waals surface area contributed by atoms with Crippen molar-refractivity contribution in [3.8, 4) is 11.5 Å². The second-order valence-electron chi connectivity index (χ2n) is 6.37. The zero-order valence-electron chi connectivity index (χ0n) is 16.4. The Morgan fingerprint density at radius 3 is 2.69 bits per heavy atom. The second-order valence-corrected chi connectivity index (χ2v) is 6.37. The van der Waals surface area contributed by atoms with Gasteiger partial charge in [0.25, 0.3) is 0 Å². The SMILES string of the molecule is COc1cc(C(C)NC(=O)C2COCCN2)ccc1OCc1ccncc1.Cl.Cl. The number of ether oxygens (including phenoxy) is 3. The first-order chi connectivity index (χ1) is 13.2. The van der Waals surface area contributed by atoms with E-state index in [-0.39, 0.29) is 42.8 Å². The minimum absolute atomic E-state index is 0. The molecular weight excluding hydrogens is 417 g/mol. The first-order valence-corrected chi connectivity index (χ1v) is 8.98. The molecule has 1 aliphatic rings. The summed E-state index contributed by atoms with van der Waals surface area (Å²) in [6.45, 7) is 4.08. The molecule has 7 nitrogen and oxygen atoms in total. The van der Waals surface area contributed by atoms with Gasteiger partial charge in [-0.15, -0.1) is 24.8 Å². The molecule has 2 unspecified atom stereocenters. The molecule has 2 N–H and O–H groups in total. The Morgan fingerprint density at radius 2 is 2.03 bits per heavy atom.